The molecule has 124 valence electrons. The summed E-state index contributed by atoms with van der Waals surface area (Å²) in [6.45, 7) is 2.13. The van der Waals surface area contributed by atoms with Crippen molar-refractivity contribution in [2.45, 2.75) is 22.1 Å². The third kappa shape index (κ3) is 4.60. The Kier molecular flexibility index (Phi) is 6.20. The number of halogens is 2. The van der Waals surface area contributed by atoms with Crippen molar-refractivity contribution in [3.8, 4) is 0 Å². The zero-order valence-electron chi connectivity index (χ0n) is 12.2. The summed E-state index contributed by atoms with van der Waals surface area (Å²) in [5.74, 6) is 1.20. The van der Waals surface area contributed by atoms with Crippen LogP contribution >= 0.6 is 46.3 Å². The summed E-state index contributed by atoms with van der Waals surface area (Å²) in [4.78, 5) is 2.86. The smallest absolute Gasteiger partial charge is 0.209 e. The van der Waals surface area contributed by atoms with Crippen molar-refractivity contribution in [1.29, 1.82) is 0 Å². The molecule has 1 aliphatic rings. The number of hydrogen-bond acceptors (Lipinski definition) is 6. The quantitative estimate of drug-likeness (QED) is 0.666. The lowest BCUT2D eigenvalue weighted by atomic mass is 10.4. The van der Waals surface area contributed by atoms with E-state index in [0.29, 0.717) is 26.4 Å². The van der Waals surface area contributed by atoms with Crippen molar-refractivity contribution in [3.05, 3.63) is 28.2 Å². The number of benzene rings is 1. The first-order valence-electron chi connectivity index (χ1n) is 7.18. The lowest BCUT2D eigenvalue weighted by Crippen LogP contribution is -2.17. The molecule has 0 bridgehead atoms. The number of nitrogens with zero attached hydrogens (tertiary/aromatic N) is 3. The van der Waals surface area contributed by atoms with Gasteiger partial charge in [-0.15, -0.1) is 10.2 Å². The van der Waals surface area contributed by atoms with Gasteiger partial charge in [0.15, 0.2) is 4.34 Å². The van der Waals surface area contributed by atoms with Gasteiger partial charge in [0.1, 0.15) is 0 Å². The van der Waals surface area contributed by atoms with Gasteiger partial charge < -0.3 is 4.90 Å². The van der Waals surface area contributed by atoms with E-state index in [2.05, 4.69) is 15.1 Å². The number of anilines is 1. The maximum absolute atomic E-state index is 12.3. The van der Waals surface area contributed by atoms with E-state index in [9.17, 15) is 4.21 Å². The normalized spacial score (nSPS) is 16.0. The molecule has 1 atom stereocenters. The van der Waals surface area contributed by atoms with Crippen LogP contribution in [0.5, 0.6) is 0 Å². The highest BCUT2D eigenvalue weighted by Crippen LogP contribution is 2.30. The van der Waals surface area contributed by atoms with Gasteiger partial charge in [-0.2, -0.15) is 0 Å². The van der Waals surface area contributed by atoms with Gasteiger partial charge in [-0.1, -0.05) is 46.3 Å². The van der Waals surface area contributed by atoms with Crippen LogP contribution < -0.4 is 4.90 Å². The van der Waals surface area contributed by atoms with Crippen molar-refractivity contribution >= 4 is 62.2 Å². The molecule has 0 amide bonds. The molecule has 1 aromatic carbocycles. The average Bonchev–Trinajstić information content (AvgIpc) is 3.20. The first kappa shape index (κ1) is 17.5. The monoisotopic (exact) mass is 407 g/mol. The molecule has 0 N–H and O–H groups in total. The first-order chi connectivity index (χ1) is 11.1. The predicted molar refractivity (Wildman–Crippen MR) is 99.8 cm³/mol. The molecule has 9 heteroatoms. The molecule has 0 aliphatic carbocycles. The van der Waals surface area contributed by atoms with Crippen LogP contribution in [0, 0.1) is 0 Å². The topological polar surface area (TPSA) is 46.1 Å². The summed E-state index contributed by atoms with van der Waals surface area (Å²) >= 11 is 15.2. The molecule has 0 radical (unpaired) electrons. The molecular weight excluding hydrogens is 393 g/mol. The summed E-state index contributed by atoms with van der Waals surface area (Å²) in [6, 6.07) is 5.04. The van der Waals surface area contributed by atoms with Gasteiger partial charge in [0, 0.05) is 29.6 Å². The van der Waals surface area contributed by atoms with Crippen LogP contribution in [-0.4, -0.2) is 39.0 Å². The van der Waals surface area contributed by atoms with Crippen LogP contribution in [0.25, 0.3) is 0 Å². The minimum absolute atomic E-state index is 0.491. The van der Waals surface area contributed by atoms with E-state index in [-0.39, 0.29) is 0 Å². The highest BCUT2D eigenvalue weighted by Gasteiger charge is 2.17. The largest absolute Gasteiger partial charge is 0.347 e. The van der Waals surface area contributed by atoms with Crippen LogP contribution in [0.2, 0.25) is 10.0 Å². The molecule has 4 nitrogen and oxygen atoms in total. The van der Waals surface area contributed by atoms with Gasteiger partial charge in [0.05, 0.1) is 20.7 Å². The fourth-order valence-electron chi connectivity index (χ4n) is 2.26. The van der Waals surface area contributed by atoms with Crippen molar-refractivity contribution in [3.63, 3.8) is 0 Å². The molecular formula is C14H15Cl2N3OS3. The summed E-state index contributed by atoms with van der Waals surface area (Å²) in [6.07, 6.45) is 2.45. The zero-order valence-corrected chi connectivity index (χ0v) is 16.2. The third-order valence-electron chi connectivity index (χ3n) is 3.41. The Hall–Kier alpha value is -0.340. The predicted octanol–water partition coefficient (Wildman–Crippen LogP) is 4.35. The average molecular weight is 408 g/mol. The van der Waals surface area contributed by atoms with Gasteiger partial charge in [0.25, 0.3) is 0 Å². The fraction of sp³-hybridized carbons (Fsp3) is 0.429. The highest BCUT2D eigenvalue weighted by atomic mass is 35.5. The van der Waals surface area contributed by atoms with E-state index in [1.54, 1.807) is 41.3 Å². The van der Waals surface area contributed by atoms with E-state index in [1.165, 1.54) is 12.8 Å². The molecule has 0 saturated carbocycles. The SMILES string of the molecule is O=[S@@](CCSc1nnc(N2CCCC2)s1)c1cc(Cl)ccc1Cl. The summed E-state index contributed by atoms with van der Waals surface area (Å²) in [5, 5.41) is 10.5. The molecule has 23 heavy (non-hydrogen) atoms. The molecule has 1 aliphatic heterocycles. The van der Waals surface area contributed by atoms with Crippen molar-refractivity contribution < 1.29 is 4.21 Å². The summed E-state index contributed by atoms with van der Waals surface area (Å²) < 4.78 is 13.3. The number of rotatable bonds is 6. The van der Waals surface area contributed by atoms with Gasteiger partial charge >= 0.3 is 0 Å². The number of aromatic nitrogens is 2. The third-order valence-corrected chi connectivity index (χ3v) is 7.86. The Balaban J connectivity index is 1.53. The second-order valence-electron chi connectivity index (χ2n) is 5.02. The standard InChI is InChI=1S/C14H15Cl2N3OS3/c15-10-3-4-11(16)12(9-10)23(20)8-7-21-14-18-17-13(22-14)19-5-1-2-6-19/h3-4,9H,1-2,5-8H2/t23-/m0/s1. The maximum Gasteiger partial charge on any atom is 0.209 e. The van der Waals surface area contributed by atoms with Crippen molar-refractivity contribution in [1.82, 2.24) is 10.2 Å². The van der Waals surface area contributed by atoms with E-state index < -0.39 is 10.8 Å². The summed E-state index contributed by atoms with van der Waals surface area (Å²) in [7, 11) is -1.17. The first-order valence-corrected chi connectivity index (χ1v) is 11.1. The van der Waals surface area contributed by atoms with E-state index in [4.69, 9.17) is 23.2 Å². The molecule has 1 aromatic heterocycles. The lowest BCUT2D eigenvalue weighted by molar-refractivity contribution is 0.684. The van der Waals surface area contributed by atoms with Crippen LogP contribution in [0.3, 0.4) is 0 Å². The Labute approximate surface area is 156 Å². The van der Waals surface area contributed by atoms with Crippen LogP contribution in [0.4, 0.5) is 5.13 Å². The summed E-state index contributed by atoms with van der Waals surface area (Å²) in [5.41, 5.74) is 0. The van der Waals surface area contributed by atoms with Gasteiger partial charge in [-0.05, 0) is 31.0 Å². The zero-order chi connectivity index (χ0) is 16.2. The molecule has 3 rings (SSSR count). The van der Waals surface area contributed by atoms with E-state index in [1.807, 2.05) is 0 Å². The van der Waals surface area contributed by atoms with Crippen LogP contribution in [-0.2, 0) is 10.8 Å². The van der Waals surface area contributed by atoms with Crippen molar-refractivity contribution in [2.75, 3.05) is 29.5 Å². The van der Waals surface area contributed by atoms with E-state index in [0.717, 1.165) is 22.6 Å². The lowest BCUT2D eigenvalue weighted by Gasteiger charge is -2.10. The van der Waals surface area contributed by atoms with Crippen molar-refractivity contribution in [2.24, 2.45) is 0 Å². The van der Waals surface area contributed by atoms with Crippen LogP contribution in [0.1, 0.15) is 12.8 Å². The fourth-order valence-corrected chi connectivity index (χ4v) is 6.19. The number of hydrogen-bond donors (Lipinski definition) is 0. The Morgan fingerprint density at radius 2 is 2.04 bits per heavy atom. The second kappa shape index (κ2) is 8.16. The second-order valence-corrected chi connectivity index (χ2v) is 9.70. The molecule has 2 aromatic rings. The Morgan fingerprint density at radius 1 is 1.26 bits per heavy atom. The molecule has 2 heterocycles. The minimum atomic E-state index is -1.17. The van der Waals surface area contributed by atoms with Gasteiger partial charge in [0.2, 0.25) is 5.13 Å². The van der Waals surface area contributed by atoms with E-state index >= 15 is 0 Å². The Morgan fingerprint density at radius 3 is 2.83 bits per heavy atom. The molecule has 0 unspecified atom stereocenters. The molecule has 1 saturated heterocycles. The highest BCUT2D eigenvalue weighted by molar-refractivity contribution is 8.01. The Bertz CT molecular complexity index is 704. The van der Waals surface area contributed by atoms with Gasteiger partial charge in [-0.3, -0.25) is 4.21 Å². The minimum Gasteiger partial charge on any atom is -0.347 e. The maximum atomic E-state index is 12.3. The molecule has 0 spiro atoms. The van der Waals surface area contributed by atoms with Crippen LogP contribution in [0.15, 0.2) is 27.4 Å². The molecule has 1 fully saturated rings. The number of thioether (sulfide) groups is 1. The van der Waals surface area contributed by atoms with Gasteiger partial charge in [-0.25, -0.2) is 0 Å².